The summed E-state index contributed by atoms with van der Waals surface area (Å²) in [7, 11) is 9.48. The van der Waals surface area contributed by atoms with Crippen LogP contribution in [0.3, 0.4) is 0 Å². The van der Waals surface area contributed by atoms with E-state index in [9.17, 15) is 0 Å². The van der Waals surface area contributed by atoms with Gasteiger partial charge in [0.25, 0.3) is 0 Å². The van der Waals surface area contributed by atoms with Crippen molar-refractivity contribution in [1.29, 1.82) is 0 Å². The van der Waals surface area contributed by atoms with Crippen LogP contribution in [0.5, 0.6) is 11.5 Å². The highest BCUT2D eigenvalue weighted by atomic mass is 127. The molecular weight excluding hydrogens is 529 g/mol. The Morgan fingerprint density at radius 3 is 2.27 bits per heavy atom. The summed E-state index contributed by atoms with van der Waals surface area (Å²) < 4.78 is 10.9. The summed E-state index contributed by atoms with van der Waals surface area (Å²) in [6.07, 6.45) is 0. The molecule has 0 aromatic heterocycles. The molecule has 1 fully saturated rings. The predicted octanol–water partition coefficient (Wildman–Crippen LogP) is 3.28. The molecule has 1 aliphatic heterocycles. The van der Waals surface area contributed by atoms with E-state index in [4.69, 9.17) is 9.47 Å². The van der Waals surface area contributed by atoms with Crippen molar-refractivity contribution >= 4 is 29.9 Å². The minimum atomic E-state index is 0. The fraction of sp³-hybridized carbons (Fsp3) is 0.480. The van der Waals surface area contributed by atoms with E-state index in [0.29, 0.717) is 0 Å². The van der Waals surface area contributed by atoms with Crippen LogP contribution in [0.4, 0.5) is 0 Å². The van der Waals surface area contributed by atoms with Crippen molar-refractivity contribution in [2.24, 2.45) is 4.99 Å². The van der Waals surface area contributed by atoms with Crippen LogP contribution in [0, 0.1) is 0 Å². The van der Waals surface area contributed by atoms with Crippen molar-refractivity contribution in [2.75, 3.05) is 61.5 Å². The Bertz CT molecular complexity index is 898. The van der Waals surface area contributed by atoms with Gasteiger partial charge in [-0.15, -0.1) is 24.0 Å². The molecule has 1 saturated heterocycles. The number of hydrogen-bond acceptors (Lipinski definition) is 5. The van der Waals surface area contributed by atoms with Gasteiger partial charge in [0, 0.05) is 58.4 Å². The first-order valence-electron chi connectivity index (χ1n) is 11.1. The van der Waals surface area contributed by atoms with E-state index in [0.717, 1.165) is 68.8 Å². The zero-order valence-electron chi connectivity index (χ0n) is 20.5. The third kappa shape index (κ3) is 7.75. The van der Waals surface area contributed by atoms with Crippen molar-refractivity contribution in [1.82, 2.24) is 20.0 Å². The summed E-state index contributed by atoms with van der Waals surface area (Å²) in [5.41, 5.74) is 3.81. The summed E-state index contributed by atoms with van der Waals surface area (Å²) in [6.45, 7) is 6.37. The maximum Gasteiger partial charge on any atom is 0.194 e. The highest BCUT2D eigenvalue weighted by molar-refractivity contribution is 14.0. The lowest BCUT2D eigenvalue weighted by atomic mass is 10.1. The summed E-state index contributed by atoms with van der Waals surface area (Å²) in [6, 6.07) is 14.6. The van der Waals surface area contributed by atoms with E-state index in [-0.39, 0.29) is 24.0 Å². The van der Waals surface area contributed by atoms with Crippen molar-refractivity contribution < 1.29 is 9.47 Å². The number of nitrogens with one attached hydrogen (secondary N) is 1. The van der Waals surface area contributed by atoms with Crippen LogP contribution in [-0.2, 0) is 19.6 Å². The van der Waals surface area contributed by atoms with Crippen molar-refractivity contribution in [3.05, 3.63) is 59.2 Å². The molecule has 0 atom stereocenters. The van der Waals surface area contributed by atoms with E-state index in [1.807, 2.05) is 19.2 Å². The number of nitrogens with zero attached hydrogens (tertiary/aromatic N) is 4. The second kappa shape index (κ2) is 13.6. The number of benzene rings is 2. The first-order valence-corrected chi connectivity index (χ1v) is 11.1. The van der Waals surface area contributed by atoms with Crippen LogP contribution in [0.1, 0.15) is 16.7 Å². The monoisotopic (exact) mass is 567 g/mol. The Kier molecular flexibility index (Phi) is 11.2. The first-order chi connectivity index (χ1) is 15.5. The molecule has 1 N–H and O–H groups in total. The van der Waals surface area contributed by atoms with Gasteiger partial charge in [0.1, 0.15) is 11.5 Å². The third-order valence-corrected chi connectivity index (χ3v) is 5.81. The molecule has 8 heteroatoms. The van der Waals surface area contributed by atoms with Gasteiger partial charge in [-0.1, -0.05) is 24.3 Å². The molecule has 2 aromatic rings. The maximum absolute atomic E-state index is 5.55. The van der Waals surface area contributed by atoms with Gasteiger partial charge >= 0.3 is 0 Å². The summed E-state index contributed by atoms with van der Waals surface area (Å²) >= 11 is 0. The molecular formula is C25H38IN5O2. The average Bonchev–Trinajstić information content (AvgIpc) is 2.81. The van der Waals surface area contributed by atoms with E-state index in [2.05, 4.69) is 69.4 Å². The fourth-order valence-corrected chi connectivity index (χ4v) is 4.10. The third-order valence-electron chi connectivity index (χ3n) is 5.81. The van der Waals surface area contributed by atoms with Crippen LogP contribution in [0.2, 0.25) is 0 Å². The van der Waals surface area contributed by atoms with E-state index < -0.39 is 0 Å². The Hall–Kier alpha value is -2.04. The molecule has 2 aromatic carbocycles. The van der Waals surface area contributed by atoms with Crippen LogP contribution < -0.4 is 14.8 Å². The molecule has 33 heavy (non-hydrogen) atoms. The van der Waals surface area contributed by atoms with Crippen molar-refractivity contribution in [3.63, 3.8) is 0 Å². The number of methoxy groups -OCH3 is 2. The average molecular weight is 568 g/mol. The molecule has 0 spiro atoms. The number of ether oxygens (including phenoxy) is 2. The number of guanidine groups is 1. The molecule has 1 heterocycles. The van der Waals surface area contributed by atoms with E-state index in [1.54, 1.807) is 14.2 Å². The highest BCUT2D eigenvalue weighted by Crippen LogP contribution is 2.25. The zero-order valence-corrected chi connectivity index (χ0v) is 22.8. The van der Waals surface area contributed by atoms with E-state index >= 15 is 0 Å². The van der Waals surface area contributed by atoms with Gasteiger partial charge in [0.05, 0.1) is 14.2 Å². The van der Waals surface area contributed by atoms with Gasteiger partial charge < -0.3 is 24.6 Å². The minimum Gasteiger partial charge on any atom is -0.497 e. The molecule has 3 rings (SSSR count). The lowest BCUT2D eigenvalue weighted by Crippen LogP contribution is -2.52. The molecule has 0 bridgehead atoms. The van der Waals surface area contributed by atoms with Crippen LogP contribution >= 0.6 is 24.0 Å². The number of hydrogen-bond donors (Lipinski definition) is 1. The molecule has 1 aliphatic rings. The second-order valence-electron chi connectivity index (χ2n) is 8.35. The van der Waals surface area contributed by atoms with Gasteiger partial charge in [0.2, 0.25) is 0 Å². The second-order valence-corrected chi connectivity index (χ2v) is 8.35. The van der Waals surface area contributed by atoms with Gasteiger partial charge in [-0.3, -0.25) is 9.89 Å². The highest BCUT2D eigenvalue weighted by Gasteiger charge is 2.21. The quantitative estimate of drug-likeness (QED) is 0.301. The summed E-state index contributed by atoms with van der Waals surface area (Å²) in [5, 5.41) is 3.57. The maximum atomic E-state index is 5.55. The van der Waals surface area contributed by atoms with Crippen molar-refractivity contribution in [2.45, 2.75) is 19.6 Å². The van der Waals surface area contributed by atoms with Crippen LogP contribution in [0.15, 0.2) is 47.5 Å². The Morgan fingerprint density at radius 1 is 0.970 bits per heavy atom. The molecule has 7 nitrogen and oxygen atoms in total. The van der Waals surface area contributed by atoms with Gasteiger partial charge in [-0.25, -0.2) is 0 Å². The molecule has 182 valence electrons. The zero-order chi connectivity index (χ0) is 22.9. The number of aliphatic imine (C=N–C) groups is 1. The molecule has 0 saturated carbocycles. The summed E-state index contributed by atoms with van der Waals surface area (Å²) in [4.78, 5) is 11.5. The Balaban J connectivity index is 0.00000385. The molecule has 0 aliphatic carbocycles. The lowest BCUT2D eigenvalue weighted by molar-refractivity contribution is 0.171. The standard InChI is InChI=1S/C25H37N5O2.HI/c1-26-25(27-17-20-8-6-7-9-21(20)18-28(2)3)30-14-12-29(13-15-30)19-22-16-23(31-4)10-11-24(22)32-5;/h6-11,16H,12-15,17-19H2,1-5H3,(H,26,27);1H. The van der Waals surface area contributed by atoms with Crippen molar-refractivity contribution in [3.8, 4) is 11.5 Å². The minimum absolute atomic E-state index is 0. The first kappa shape index (κ1) is 27.2. The largest absolute Gasteiger partial charge is 0.497 e. The SMILES string of the molecule is CN=C(NCc1ccccc1CN(C)C)N1CCN(Cc2cc(OC)ccc2OC)CC1.I. The number of halogens is 1. The molecule has 0 unspecified atom stereocenters. The summed E-state index contributed by atoms with van der Waals surface area (Å²) in [5.74, 6) is 2.73. The normalized spacial score (nSPS) is 14.7. The van der Waals surface area contributed by atoms with Crippen LogP contribution in [-0.4, -0.2) is 82.2 Å². The Labute approximate surface area is 215 Å². The number of rotatable bonds is 8. The van der Waals surface area contributed by atoms with Gasteiger partial charge in [-0.05, 0) is 43.4 Å². The Morgan fingerprint density at radius 2 is 1.67 bits per heavy atom. The lowest BCUT2D eigenvalue weighted by Gasteiger charge is -2.36. The topological polar surface area (TPSA) is 52.6 Å². The predicted molar refractivity (Wildman–Crippen MR) is 146 cm³/mol. The van der Waals surface area contributed by atoms with E-state index in [1.165, 1.54) is 11.1 Å². The van der Waals surface area contributed by atoms with Gasteiger partial charge in [-0.2, -0.15) is 0 Å². The number of piperazine rings is 1. The molecule has 0 radical (unpaired) electrons. The smallest absolute Gasteiger partial charge is 0.194 e. The van der Waals surface area contributed by atoms with Gasteiger partial charge in [0.15, 0.2) is 5.96 Å². The van der Waals surface area contributed by atoms with Crippen LogP contribution in [0.25, 0.3) is 0 Å². The fourth-order valence-electron chi connectivity index (χ4n) is 4.10. The molecule has 0 amide bonds.